The summed E-state index contributed by atoms with van der Waals surface area (Å²) in [5.41, 5.74) is 2.60. The smallest absolute Gasteiger partial charge is 0.257 e. The molecule has 36 heavy (non-hydrogen) atoms. The molecule has 0 saturated carbocycles. The van der Waals surface area contributed by atoms with Gasteiger partial charge in [0.25, 0.3) is 5.91 Å². The minimum absolute atomic E-state index is 0.0710. The van der Waals surface area contributed by atoms with Gasteiger partial charge in [-0.25, -0.2) is 8.78 Å². The summed E-state index contributed by atoms with van der Waals surface area (Å²) in [5.74, 6) is -2.88. The van der Waals surface area contributed by atoms with Crippen LogP contribution in [-0.2, 0) is 10.2 Å². The maximum Gasteiger partial charge on any atom is 0.257 e. The van der Waals surface area contributed by atoms with Gasteiger partial charge in [0.1, 0.15) is 11.6 Å². The van der Waals surface area contributed by atoms with Crippen molar-refractivity contribution in [3.8, 4) is 0 Å². The van der Waals surface area contributed by atoms with Crippen LogP contribution < -0.4 is 5.32 Å². The molecule has 2 atom stereocenters. The first-order chi connectivity index (χ1) is 17.1. The SMILES string of the molecule is Cc1cc(F)cc(F)c1C(=O)N1CCC[C@H](C(=O)Nc2cccc(C(C)(C)C)c2)[C@@H]1c1ccccc1. The zero-order valence-electron chi connectivity index (χ0n) is 21.1. The van der Waals surface area contributed by atoms with E-state index in [9.17, 15) is 18.4 Å². The minimum Gasteiger partial charge on any atom is -0.331 e. The predicted octanol–water partition coefficient (Wildman–Crippen LogP) is 6.80. The van der Waals surface area contributed by atoms with Crippen molar-refractivity contribution in [1.82, 2.24) is 4.90 Å². The number of halogens is 2. The zero-order valence-corrected chi connectivity index (χ0v) is 21.1. The molecular formula is C30H32F2N2O2. The van der Waals surface area contributed by atoms with Crippen molar-refractivity contribution in [2.24, 2.45) is 5.92 Å². The molecule has 3 aromatic carbocycles. The number of hydrogen-bond acceptors (Lipinski definition) is 2. The lowest BCUT2D eigenvalue weighted by Gasteiger charge is -2.41. The largest absolute Gasteiger partial charge is 0.331 e. The molecule has 1 saturated heterocycles. The van der Waals surface area contributed by atoms with Gasteiger partial charge in [0.05, 0.1) is 17.5 Å². The van der Waals surface area contributed by atoms with Gasteiger partial charge in [-0.1, -0.05) is 63.2 Å². The summed E-state index contributed by atoms with van der Waals surface area (Å²) in [5, 5.41) is 3.05. The average Bonchev–Trinajstić information content (AvgIpc) is 2.83. The van der Waals surface area contributed by atoms with E-state index in [0.29, 0.717) is 25.1 Å². The number of rotatable bonds is 4. The fourth-order valence-corrected chi connectivity index (χ4v) is 4.98. The molecule has 0 aromatic heterocycles. The Labute approximate surface area is 211 Å². The summed E-state index contributed by atoms with van der Waals surface area (Å²) in [4.78, 5) is 28.8. The van der Waals surface area contributed by atoms with Crippen LogP contribution in [0.2, 0.25) is 0 Å². The highest BCUT2D eigenvalue weighted by molar-refractivity contribution is 5.98. The Morgan fingerprint density at radius 3 is 2.36 bits per heavy atom. The molecule has 1 aliphatic rings. The number of benzene rings is 3. The summed E-state index contributed by atoms with van der Waals surface area (Å²) in [6.07, 6.45) is 1.18. The van der Waals surface area contributed by atoms with E-state index in [-0.39, 0.29) is 22.4 Å². The molecule has 0 spiro atoms. The first-order valence-electron chi connectivity index (χ1n) is 12.3. The number of nitrogens with one attached hydrogen (secondary N) is 1. The van der Waals surface area contributed by atoms with Crippen LogP contribution in [0, 0.1) is 24.5 Å². The van der Waals surface area contributed by atoms with E-state index in [0.717, 1.165) is 23.3 Å². The Balaban J connectivity index is 1.69. The van der Waals surface area contributed by atoms with Gasteiger partial charge in [0, 0.05) is 18.3 Å². The Morgan fingerprint density at radius 1 is 0.972 bits per heavy atom. The van der Waals surface area contributed by atoms with Crippen molar-refractivity contribution in [3.05, 3.63) is 101 Å². The highest BCUT2D eigenvalue weighted by atomic mass is 19.1. The van der Waals surface area contributed by atoms with Crippen molar-refractivity contribution in [2.75, 3.05) is 11.9 Å². The van der Waals surface area contributed by atoms with Crippen LogP contribution in [0.15, 0.2) is 66.7 Å². The van der Waals surface area contributed by atoms with Gasteiger partial charge in [-0.2, -0.15) is 0 Å². The van der Waals surface area contributed by atoms with Crippen molar-refractivity contribution in [3.63, 3.8) is 0 Å². The van der Waals surface area contributed by atoms with E-state index in [2.05, 4.69) is 26.1 Å². The normalized spacial score (nSPS) is 18.1. The average molecular weight is 491 g/mol. The molecule has 0 radical (unpaired) electrons. The molecule has 1 heterocycles. The summed E-state index contributed by atoms with van der Waals surface area (Å²) < 4.78 is 28.5. The second-order valence-electron chi connectivity index (χ2n) is 10.5. The molecule has 0 aliphatic carbocycles. The van der Waals surface area contributed by atoms with Gasteiger partial charge in [-0.3, -0.25) is 9.59 Å². The van der Waals surface area contributed by atoms with Gasteiger partial charge in [0.2, 0.25) is 5.91 Å². The maximum absolute atomic E-state index is 14.8. The second-order valence-corrected chi connectivity index (χ2v) is 10.5. The van der Waals surface area contributed by atoms with Crippen molar-refractivity contribution in [1.29, 1.82) is 0 Å². The second kappa shape index (κ2) is 10.2. The molecule has 2 amide bonds. The molecule has 0 bridgehead atoms. The fraction of sp³-hybridized carbons (Fsp3) is 0.333. The lowest BCUT2D eigenvalue weighted by Crippen LogP contribution is -2.46. The number of carbonyl (C=O) groups is 2. The fourth-order valence-electron chi connectivity index (χ4n) is 4.98. The standard InChI is InChI=1S/C30H32F2N2O2/c1-19-16-22(31)18-25(32)26(19)29(36)34-15-9-14-24(27(34)20-10-6-5-7-11-20)28(35)33-23-13-8-12-21(17-23)30(2,3)4/h5-8,10-13,16-18,24,27H,9,14-15H2,1-4H3,(H,33,35)/t24-,27-/m0/s1. The highest BCUT2D eigenvalue weighted by Crippen LogP contribution is 2.38. The van der Waals surface area contributed by atoms with E-state index >= 15 is 0 Å². The van der Waals surface area contributed by atoms with Gasteiger partial charge in [-0.05, 0) is 60.1 Å². The van der Waals surface area contributed by atoms with E-state index in [4.69, 9.17) is 0 Å². The van der Waals surface area contributed by atoms with Crippen LogP contribution >= 0.6 is 0 Å². The Kier molecular flexibility index (Phi) is 7.25. The number of likely N-dealkylation sites (tertiary alicyclic amines) is 1. The van der Waals surface area contributed by atoms with Gasteiger partial charge in [0.15, 0.2) is 0 Å². The quantitative estimate of drug-likeness (QED) is 0.437. The Morgan fingerprint density at radius 2 is 1.69 bits per heavy atom. The molecule has 6 heteroatoms. The molecule has 0 unspecified atom stereocenters. The van der Waals surface area contributed by atoms with Gasteiger partial charge in [-0.15, -0.1) is 0 Å². The first-order valence-corrected chi connectivity index (χ1v) is 12.3. The number of aryl methyl sites for hydroxylation is 1. The minimum atomic E-state index is -0.894. The van der Waals surface area contributed by atoms with Crippen molar-refractivity contribution >= 4 is 17.5 Å². The molecule has 1 fully saturated rings. The van der Waals surface area contributed by atoms with Crippen molar-refractivity contribution < 1.29 is 18.4 Å². The molecule has 188 valence electrons. The van der Waals surface area contributed by atoms with E-state index in [1.54, 1.807) is 4.90 Å². The number of nitrogens with zero attached hydrogens (tertiary/aromatic N) is 1. The summed E-state index contributed by atoms with van der Waals surface area (Å²) in [6.45, 7) is 8.23. The van der Waals surface area contributed by atoms with E-state index in [1.807, 2.05) is 54.6 Å². The van der Waals surface area contributed by atoms with Crippen LogP contribution in [0.25, 0.3) is 0 Å². The number of piperidine rings is 1. The van der Waals surface area contributed by atoms with E-state index < -0.39 is 29.5 Å². The molecule has 3 aromatic rings. The van der Waals surface area contributed by atoms with Gasteiger partial charge < -0.3 is 10.2 Å². The van der Waals surface area contributed by atoms with Crippen LogP contribution in [0.3, 0.4) is 0 Å². The van der Waals surface area contributed by atoms with E-state index in [1.165, 1.54) is 6.92 Å². The van der Waals surface area contributed by atoms with Crippen molar-refractivity contribution in [2.45, 2.75) is 52.0 Å². The Hall–Kier alpha value is -3.54. The lowest BCUT2D eigenvalue weighted by atomic mass is 9.83. The summed E-state index contributed by atoms with van der Waals surface area (Å²) >= 11 is 0. The molecule has 4 rings (SSSR count). The van der Waals surface area contributed by atoms with Crippen LogP contribution in [0.4, 0.5) is 14.5 Å². The number of amides is 2. The molecule has 1 aliphatic heterocycles. The first kappa shape index (κ1) is 25.5. The predicted molar refractivity (Wildman–Crippen MR) is 138 cm³/mol. The third-order valence-electron chi connectivity index (χ3n) is 6.83. The molecule has 1 N–H and O–H groups in total. The zero-order chi connectivity index (χ0) is 26.0. The van der Waals surface area contributed by atoms with Crippen LogP contribution in [0.5, 0.6) is 0 Å². The number of anilines is 1. The summed E-state index contributed by atoms with van der Waals surface area (Å²) in [7, 11) is 0. The maximum atomic E-state index is 14.8. The third kappa shape index (κ3) is 5.32. The molecule has 4 nitrogen and oxygen atoms in total. The number of carbonyl (C=O) groups excluding carboxylic acids is 2. The monoisotopic (exact) mass is 490 g/mol. The highest BCUT2D eigenvalue weighted by Gasteiger charge is 2.40. The summed E-state index contributed by atoms with van der Waals surface area (Å²) in [6, 6.07) is 18.4. The third-order valence-corrected chi connectivity index (χ3v) is 6.83. The van der Waals surface area contributed by atoms with Gasteiger partial charge >= 0.3 is 0 Å². The van der Waals surface area contributed by atoms with Crippen LogP contribution in [0.1, 0.15) is 66.7 Å². The molecular weight excluding hydrogens is 458 g/mol. The lowest BCUT2D eigenvalue weighted by molar-refractivity contribution is -0.123. The number of hydrogen-bond donors (Lipinski definition) is 1. The topological polar surface area (TPSA) is 49.4 Å². The van der Waals surface area contributed by atoms with Crippen LogP contribution in [-0.4, -0.2) is 23.3 Å². The Bertz CT molecular complexity index is 1240.